The molecule has 2 fully saturated rings. The number of hydrogen-bond donors (Lipinski definition) is 2. The van der Waals surface area contributed by atoms with Gasteiger partial charge >= 0.3 is 5.97 Å². The number of hydrogen-bond acceptors (Lipinski definition) is 5. The Bertz CT molecular complexity index is 1480. The average Bonchev–Trinajstić information content (AvgIpc) is 3.41. The first kappa shape index (κ1) is 32.4. The summed E-state index contributed by atoms with van der Waals surface area (Å²) in [5, 5.41) is 13.5. The number of ether oxygens (including phenoxy) is 2. The molecule has 0 aliphatic heterocycles. The third kappa shape index (κ3) is 7.63. The molecule has 45 heavy (non-hydrogen) atoms. The number of carboxylic acids is 1. The van der Waals surface area contributed by atoms with Crippen LogP contribution in [0.1, 0.15) is 86.7 Å². The van der Waals surface area contributed by atoms with Crippen molar-refractivity contribution in [1.29, 1.82) is 0 Å². The number of anilines is 1. The third-order valence-corrected chi connectivity index (χ3v) is 9.56. The van der Waals surface area contributed by atoms with Crippen LogP contribution in [0.4, 0.5) is 5.69 Å². The molecule has 1 heterocycles. The predicted octanol–water partition coefficient (Wildman–Crippen LogP) is 6.73. The summed E-state index contributed by atoms with van der Waals surface area (Å²) in [5.74, 6) is 0.0415. The minimum atomic E-state index is -1.04. The molecule has 1 atom stereocenters. The molecule has 242 valence electrons. The van der Waals surface area contributed by atoms with Gasteiger partial charge in [0, 0.05) is 17.4 Å². The summed E-state index contributed by atoms with van der Waals surface area (Å²) in [5.41, 5.74) is 2.43. The average molecular weight is 618 g/mol. The summed E-state index contributed by atoms with van der Waals surface area (Å²) in [6, 6.07) is 12.1. The fraction of sp³-hybridized carbons (Fsp3) is 0.528. The number of fused-ring (bicyclic) bond motifs is 1. The van der Waals surface area contributed by atoms with E-state index in [1.165, 1.54) is 17.4 Å². The molecule has 0 spiro atoms. The van der Waals surface area contributed by atoms with Crippen molar-refractivity contribution in [2.45, 2.75) is 90.1 Å². The van der Waals surface area contributed by atoms with E-state index in [-0.39, 0.29) is 18.1 Å². The minimum Gasteiger partial charge on any atom is -0.494 e. The maximum Gasteiger partial charge on any atom is 0.323 e. The normalized spacial score (nSPS) is 16.7. The molecular formula is C36H47N3O6. The lowest BCUT2D eigenvalue weighted by atomic mass is 9.84. The van der Waals surface area contributed by atoms with Crippen LogP contribution in [0.2, 0.25) is 0 Å². The molecule has 5 rings (SSSR count). The number of carbonyl (C=O) groups excluding carboxylic acids is 2. The van der Waals surface area contributed by atoms with E-state index in [1.807, 2.05) is 43.3 Å². The van der Waals surface area contributed by atoms with Crippen molar-refractivity contribution >= 4 is 34.4 Å². The molecule has 0 radical (unpaired) electrons. The van der Waals surface area contributed by atoms with Gasteiger partial charge < -0.3 is 29.4 Å². The summed E-state index contributed by atoms with van der Waals surface area (Å²) in [7, 11) is 3.20. The second-order valence-corrected chi connectivity index (χ2v) is 12.8. The number of aromatic nitrogens is 1. The highest BCUT2D eigenvalue weighted by atomic mass is 16.5. The van der Waals surface area contributed by atoms with E-state index in [0.29, 0.717) is 47.5 Å². The van der Waals surface area contributed by atoms with Crippen LogP contribution < -0.4 is 19.7 Å². The molecule has 0 bridgehead atoms. The van der Waals surface area contributed by atoms with Gasteiger partial charge in [0.1, 0.15) is 35.5 Å². The van der Waals surface area contributed by atoms with Crippen LogP contribution in [0, 0.1) is 18.8 Å². The highest BCUT2D eigenvalue weighted by Gasteiger charge is 2.35. The van der Waals surface area contributed by atoms with E-state index in [0.717, 1.165) is 62.3 Å². The second-order valence-electron chi connectivity index (χ2n) is 12.8. The van der Waals surface area contributed by atoms with Gasteiger partial charge in [-0.1, -0.05) is 69.6 Å². The van der Waals surface area contributed by atoms with Crippen molar-refractivity contribution in [1.82, 2.24) is 9.88 Å². The molecule has 2 aliphatic rings. The number of benzene rings is 2. The molecule has 2 saturated carbocycles. The van der Waals surface area contributed by atoms with E-state index in [2.05, 4.69) is 5.32 Å². The van der Waals surface area contributed by atoms with Crippen molar-refractivity contribution in [2.75, 3.05) is 25.7 Å². The number of nitrogens with one attached hydrogen (secondary N) is 1. The fourth-order valence-electron chi connectivity index (χ4n) is 7.31. The summed E-state index contributed by atoms with van der Waals surface area (Å²) in [6.45, 7) is 2.11. The number of carbonyl (C=O) groups is 3. The van der Waals surface area contributed by atoms with Crippen molar-refractivity contribution in [3.63, 3.8) is 0 Å². The number of rotatable bonds is 12. The first-order valence-corrected chi connectivity index (χ1v) is 16.4. The van der Waals surface area contributed by atoms with Gasteiger partial charge in [-0.25, -0.2) is 0 Å². The number of amides is 2. The number of methoxy groups -OCH3 is 2. The Hall–Kier alpha value is -4.01. The van der Waals surface area contributed by atoms with Crippen molar-refractivity contribution in [3.8, 4) is 11.5 Å². The van der Waals surface area contributed by atoms with Gasteiger partial charge in [0.05, 0.1) is 14.2 Å². The van der Waals surface area contributed by atoms with E-state index >= 15 is 0 Å². The van der Waals surface area contributed by atoms with Gasteiger partial charge in [-0.3, -0.25) is 14.4 Å². The smallest absolute Gasteiger partial charge is 0.323 e. The van der Waals surface area contributed by atoms with Gasteiger partial charge in [0.15, 0.2) is 0 Å². The number of aliphatic carboxylic acids is 1. The van der Waals surface area contributed by atoms with Crippen LogP contribution in [-0.2, 0) is 16.1 Å². The largest absolute Gasteiger partial charge is 0.494 e. The lowest BCUT2D eigenvalue weighted by molar-refractivity contribution is -0.137. The molecule has 9 nitrogen and oxygen atoms in total. The van der Waals surface area contributed by atoms with Gasteiger partial charge in [0.2, 0.25) is 5.91 Å². The number of aryl methyl sites for hydroxylation is 1. The Kier molecular flexibility index (Phi) is 10.7. The Morgan fingerprint density at radius 2 is 1.51 bits per heavy atom. The minimum absolute atomic E-state index is 0.194. The number of carboxylic acid groups (broad SMARTS) is 1. The Labute approximate surface area is 265 Å². The number of nitrogens with zero attached hydrogens (tertiary/aromatic N) is 2. The Morgan fingerprint density at radius 3 is 2.11 bits per heavy atom. The zero-order valence-corrected chi connectivity index (χ0v) is 26.8. The fourth-order valence-corrected chi connectivity index (χ4v) is 7.31. The van der Waals surface area contributed by atoms with E-state index in [1.54, 1.807) is 25.2 Å². The first-order chi connectivity index (χ1) is 21.8. The van der Waals surface area contributed by atoms with Gasteiger partial charge in [-0.15, -0.1) is 0 Å². The maximum absolute atomic E-state index is 14.9. The lowest BCUT2D eigenvalue weighted by Crippen LogP contribution is -2.51. The second kappa shape index (κ2) is 14.8. The monoisotopic (exact) mass is 617 g/mol. The number of para-hydroxylation sites is 1. The zero-order chi connectivity index (χ0) is 31.9. The third-order valence-electron chi connectivity index (χ3n) is 9.56. The van der Waals surface area contributed by atoms with Crippen LogP contribution in [0.3, 0.4) is 0 Å². The van der Waals surface area contributed by atoms with Crippen molar-refractivity contribution in [3.05, 3.63) is 53.7 Å². The molecule has 2 amide bonds. The van der Waals surface area contributed by atoms with Gasteiger partial charge in [-0.05, 0) is 67.9 Å². The SMILES string of the molecule is COc1cc(C)cc(OC)c1N(CC1CCCCC1)C(=O)C(CC1CCCCC1)NC(=O)c1cc2ccccc2n1CC(=O)O. The van der Waals surface area contributed by atoms with E-state index in [9.17, 15) is 19.5 Å². The van der Waals surface area contributed by atoms with E-state index < -0.39 is 17.9 Å². The highest BCUT2D eigenvalue weighted by Crippen LogP contribution is 2.41. The first-order valence-electron chi connectivity index (χ1n) is 16.4. The molecule has 2 N–H and O–H groups in total. The summed E-state index contributed by atoms with van der Waals surface area (Å²) < 4.78 is 13.2. The van der Waals surface area contributed by atoms with Crippen LogP contribution in [0.25, 0.3) is 10.9 Å². The standard InChI is InChI=1S/C36H47N3O6/c1-24-18-31(44-2)34(32(19-24)45-3)39(22-26-14-8-5-9-15-26)36(43)28(20-25-12-6-4-7-13-25)37-35(42)30-21-27-16-10-11-17-29(27)38(30)23-33(40)41/h10-11,16-19,21,25-26,28H,4-9,12-15,20,22-23H2,1-3H3,(H,37,42)(H,40,41). The van der Waals surface area contributed by atoms with Crippen LogP contribution in [0.5, 0.6) is 11.5 Å². The van der Waals surface area contributed by atoms with Crippen molar-refractivity contribution in [2.24, 2.45) is 11.8 Å². The van der Waals surface area contributed by atoms with E-state index in [4.69, 9.17) is 9.47 Å². The Balaban J connectivity index is 1.55. The molecule has 2 aromatic carbocycles. The molecular weight excluding hydrogens is 570 g/mol. The van der Waals surface area contributed by atoms with Gasteiger partial charge in [-0.2, -0.15) is 0 Å². The zero-order valence-electron chi connectivity index (χ0n) is 26.8. The Morgan fingerprint density at radius 1 is 0.911 bits per heavy atom. The molecule has 3 aromatic rings. The summed E-state index contributed by atoms with van der Waals surface area (Å²) in [4.78, 5) is 42.6. The summed E-state index contributed by atoms with van der Waals surface area (Å²) in [6.07, 6.45) is 11.5. The molecule has 2 aliphatic carbocycles. The van der Waals surface area contributed by atoms with Crippen LogP contribution in [-0.4, -0.2) is 54.3 Å². The lowest BCUT2D eigenvalue weighted by Gasteiger charge is -2.35. The highest BCUT2D eigenvalue weighted by molar-refractivity contribution is 6.05. The van der Waals surface area contributed by atoms with Crippen molar-refractivity contribution < 1.29 is 29.0 Å². The molecule has 1 aromatic heterocycles. The van der Waals surface area contributed by atoms with Gasteiger partial charge in [0.25, 0.3) is 5.91 Å². The topological polar surface area (TPSA) is 110 Å². The summed E-state index contributed by atoms with van der Waals surface area (Å²) >= 11 is 0. The maximum atomic E-state index is 14.9. The molecule has 9 heteroatoms. The molecule has 1 unspecified atom stereocenters. The van der Waals surface area contributed by atoms with Crippen LogP contribution >= 0.6 is 0 Å². The van der Waals surface area contributed by atoms with Crippen LogP contribution in [0.15, 0.2) is 42.5 Å². The molecule has 0 saturated heterocycles. The quantitative estimate of drug-likeness (QED) is 0.233. The predicted molar refractivity (Wildman–Crippen MR) is 175 cm³/mol.